The Morgan fingerprint density at radius 1 is 1.25 bits per heavy atom. The first-order valence-corrected chi connectivity index (χ1v) is 9.75. The number of allylic oxidation sites excluding steroid dienone is 5. The van der Waals surface area contributed by atoms with Crippen molar-refractivity contribution in [1.29, 1.82) is 0 Å². The average molecular weight is 386 g/mol. The molecule has 0 amide bonds. The fourth-order valence-corrected chi connectivity index (χ4v) is 3.51. The molecule has 0 aliphatic heterocycles. The lowest BCUT2D eigenvalue weighted by atomic mass is 9.84. The third-order valence-electron chi connectivity index (χ3n) is 4.97. The van der Waals surface area contributed by atoms with Crippen LogP contribution in [0.3, 0.4) is 0 Å². The van der Waals surface area contributed by atoms with Gasteiger partial charge in [-0.3, -0.25) is 0 Å². The number of aliphatic carboxylic acids is 1. The molecule has 0 saturated carbocycles. The fourth-order valence-electron chi connectivity index (χ4n) is 3.51. The fraction of sp³-hybridized carbons (Fsp3) is 0.435. The van der Waals surface area contributed by atoms with Crippen molar-refractivity contribution >= 4 is 11.5 Å². The summed E-state index contributed by atoms with van der Waals surface area (Å²) >= 11 is 0. The molecule has 1 aromatic rings. The number of hydrogen-bond donors (Lipinski definition) is 3. The predicted molar refractivity (Wildman–Crippen MR) is 111 cm³/mol. The van der Waals surface area contributed by atoms with Crippen LogP contribution in [0.1, 0.15) is 64.0 Å². The van der Waals surface area contributed by atoms with Gasteiger partial charge in [0.25, 0.3) is 0 Å². The van der Waals surface area contributed by atoms with Gasteiger partial charge in [0.1, 0.15) is 5.75 Å². The van der Waals surface area contributed by atoms with E-state index in [2.05, 4.69) is 13.5 Å². The number of phenolic OH excluding ortho intramolecular Hbond substituents is 2. The van der Waals surface area contributed by atoms with Crippen LogP contribution in [0.5, 0.6) is 17.2 Å². The van der Waals surface area contributed by atoms with Crippen LogP contribution in [0, 0.1) is 0 Å². The first-order chi connectivity index (χ1) is 13.3. The van der Waals surface area contributed by atoms with Crippen molar-refractivity contribution in [3.63, 3.8) is 0 Å². The Hall–Kier alpha value is -2.69. The van der Waals surface area contributed by atoms with E-state index >= 15 is 0 Å². The van der Waals surface area contributed by atoms with Crippen LogP contribution in [0.2, 0.25) is 0 Å². The van der Waals surface area contributed by atoms with Gasteiger partial charge in [0.05, 0.1) is 5.56 Å². The molecule has 28 heavy (non-hydrogen) atoms. The molecule has 1 aliphatic carbocycles. The topological polar surface area (TPSA) is 87.0 Å². The van der Waals surface area contributed by atoms with E-state index in [1.807, 2.05) is 19.9 Å². The zero-order valence-electron chi connectivity index (χ0n) is 17.0. The highest BCUT2D eigenvalue weighted by Crippen LogP contribution is 2.47. The molecule has 0 heterocycles. The Bertz CT molecular complexity index is 830. The molecule has 2 rings (SSSR count). The van der Waals surface area contributed by atoms with Crippen LogP contribution < -0.4 is 4.74 Å². The molecular weight excluding hydrogens is 356 g/mol. The minimum Gasteiger partial charge on any atom is -0.507 e. The van der Waals surface area contributed by atoms with E-state index in [1.54, 1.807) is 6.07 Å². The van der Waals surface area contributed by atoms with Crippen LogP contribution in [0.15, 0.2) is 35.4 Å². The number of carboxylic acid groups (broad SMARTS) is 1. The molecule has 1 aromatic carbocycles. The normalized spacial score (nSPS) is 14.0. The molecule has 0 aromatic heterocycles. The number of hydrogen-bond acceptors (Lipinski definition) is 4. The molecule has 0 saturated heterocycles. The van der Waals surface area contributed by atoms with Crippen LogP contribution in [-0.4, -0.2) is 27.9 Å². The van der Waals surface area contributed by atoms with Crippen molar-refractivity contribution in [3.8, 4) is 17.2 Å². The molecule has 1 aliphatic rings. The molecular formula is C23H30O5. The summed E-state index contributed by atoms with van der Waals surface area (Å²) in [6.07, 6.45) is 7.08. The van der Waals surface area contributed by atoms with E-state index < -0.39 is 12.6 Å². The van der Waals surface area contributed by atoms with Gasteiger partial charge in [0.2, 0.25) is 0 Å². The summed E-state index contributed by atoms with van der Waals surface area (Å²) in [6, 6.07) is 1.56. The molecule has 0 fully saturated rings. The van der Waals surface area contributed by atoms with Crippen LogP contribution >= 0.6 is 0 Å². The quantitative estimate of drug-likeness (QED) is 0.393. The Labute approximate surface area is 166 Å². The second-order valence-corrected chi connectivity index (χ2v) is 7.41. The van der Waals surface area contributed by atoms with Crippen molar-refractivity contribution in [3.05, 3.63) is 46.6 Å². The van der Waals surface area contributed by atoms with Gasteiger partial charge in [-0.2, -0.15) is 0 Å². The number of unbranched alkanes of at least 4 members (excludes halogenated alkanes) is 2. The molecule has 3 N–H and O–H groups in total. The summed E-state index contributed by atoms with van der Waals surface area (Å²) < 4.78 is 5.47. The van der Waals surface area contributed by atoms with E-state index in [9.17, 15) is 15.0 Å². The van der Waals surface area contributed by atoms with E-state index in [-0.39, 0.29) is 17.2 Å². The summed E-state index contributed by atoms with van der Waals surface area (Å²) in [4.78, 5) is 11.1. The number of aryl methyl sites for hydroxylation is 1. The highest BCUT2D eigenvalue weighted by molar-refractivity contribution is 5.88. The van der Waals surface area contributed by atoms with Gasteiger partial charge in [-0.1, -0.05) is 43.6 Å². The number of benzene rings is 1. The van der Waals surface area contributed by atoms with E-state index in [0.29, 0.717) is 17.5 Å². The maximum atomic E-state index is 11.1. The largest absolute Gasteiger partial charge is 0.507 e. The minimum atomic E-state index is -1.15. The van der Waals surface area contributed by atoms with Crippen molar-refractivity contribution in [1.82, 2.24) is 0 Å². The Morgan fingerprint density at radius 3 is 2.57 bits per heavy atom. The number of aromatic hydroxyl groups is 2. The summed E-state index contributed by atoms with van der Waals surface area (Å²) in [7, 11) is 0. The summed E-state index contributed by atoms with van der Waals surface area (Å²) in [5.41, 5.74) is 4.59. The van der Waals surface area contributed by atoms with Gasteiger partial charge in [-0.05, 0) is 56.7 Å². The molecule has 5 heteroatoms. The van der Waals surface area contributed by atoms with Crippen molar-refractivity contribution in [2.24, 2.45) is 0 Å². The zero-order valence-corrected chi connectivity index (χ0v) is 17.0. The first kappa shape index (κ1) is 21.6. The highest BCUT2D eigenvalue weighted by atomic mass is 16.5. The third kappa shape index (κ3) is 4.97. The summed E-state index contributed by atoms with van der Waals surface area (Å²) in [5, 5.41) is 30.7. The van der Waals surface area contributed by atoms with Gasteiger partial charge in [-0.25, -0.2) is 4.79 Å². The van der Waals surface area contributed by atoms with Crippen LogP contribution in [-0.2, 0) is 11.2 Å². The Kier molecular flexibility index (Phi) is 7.32. The molecule has 0 spiro atoms. The third-order valence-corrected chi connectivity index (χ3v) is 4.97. The average Bonchev–Trinajstić information content (AvgIpc) is 2.62. The SMILES string of the molecule is C=C(C)C1=C(c2c(O)cc(CCCCC)c(O)c2OCC(=O)O)C=C(C)CC1. The number of ether oxygens (including phenoxy) is 1. The van der Waals surface area contributed by atoms with Crippen molar-refractivity contribution in [2.45, 2.75) is 59.3 Å². The van der Waals surface area contributed by atoms with Gasteiger partial charge < -0.3 is 20.1 Å². The monoisotopic (exact) mass is 386 g/mol. The number of carbonyl (C=O) groups is 1. The molecule has 0 unspecified atom stereocenters. The lowest BCUT2D eigenvalue weighted by molar-refractivity contribution is -0.139. The van der Waals surface area contributed by atoms with Gasteiger partial charge in [0.15, 0.2) is 18.1 Å². The van der Waals surface area contributed by atoms with Gasteiger partial charge in [-0.15, -0.1) is 0 Å². The second-order valence-electron chi connectivity index (χ2n) is 7.41. The minimum absolute atomic E-state index is 0.0219. The number of phenols is 2. The smallest absolute Gasteiger partial charge is 0.341 e. The first-order valence-electron chi connectivity index (χ1n) is 9.75. The Balaban J connectivity index is 2.66. The molecule has 0 atom stereocenters. The maximum absolute atomic E-state index is 11.1. The van der Waals surface area contributed by atoms with Crippen LogP contribution in [0.25, 0.3) is 5.57 Å². The lowest BCUT2D eigenvalue weighted by Crippen LogP contribution is -2.12. The molecule has 152 valence electrons. The van der Waals surface area contributed by atoms with E-state index in [1.165, 1.54) is 0 Å². The second kappa shape index (κ2) is 9.49. The molecule has 0 radical (unpaired) electrons. The van der Waals surface area contributed by atoms with Gasteiger partial charge in [0, 0.05) is 5.56 Å². The summed E-state index contributed by atoms with van der Waals surface area (Å²) in [6.45, 7) is 9.43. The summed E-state index contributed by atoms with van der Waals surface area (Å²) in [5.74, 6) is -1.25. The predicted octanol–water partition coefficient (Wildman–Crippen LogP) is 5.36. The van der Waals surface area contributed by atoms with Crippen molar-refractivity contribution < 1.29 is 24.9 Å². The molecule has 5 nitrogen and oxygen atoms in total. The standard InChI is InChI=1S/C23H30O5/c1-5-6-7-8-16-12-19(24)21(23(22(16)27)28-13-20(25)26)18-11-15(4)9-10-17(18)14(2)3/h11-12,24,27H,2,5-10,13H2,1,3-4H3,(H,25,26). The number of rotatable bonds is 9. The number of carboxylic acids is 1. The van der Waals surface area contributed by atoms with Gasteiger partial charge >= 0.3 is 5.97 Å². The van der Waals surface area contributed by atoms with Crippen LogP contribution in [0.4, 0.5) is 0 Å². The zero-order chi connectivity index (χ0) is 20.8. The van der Waals surface area contributed by atoms with E-state index in [0.717, 1.165) is 54.4 Å². The van der Waals surface area contributed by atoms with Crippen molar-refractivity contribution in [2.75, 3.05) is 6.61 Å². The Morgan fingerprint density at radius 2 is 1.96 bits per heavy atom. The highest BCUT2D eigenvalue weighted by Gasteiger charge is 2.25. The lowest BCUT2D eigenvalue weighted by Gasteiger charge is -2.23. The van der Waals surface area contributed by atoms with E-state index in [4.69, 9.17) is 9.84 Å². The molecule has 0 bridgehead atoms. The maximum Gasteiger partial charge on any atom is 0.341 e.